The second-order valence-corrected chi connectivity index (χ2v) is 7.31. The molecule has 146 valence electrons. The normalized spacial score (nSPS) is 10.9. The highest BCUT2D eigenvalue weighted by Gasteiger charge is 2.16. The number of anilines is 2. The first-order valence-corrected chi connectivity index (χ1v) is 9.43. The fourth-order valence-electron chi connectivity index (χ4n) is 3.37. The smallest absolute Gasteiger partial charge is 0.261 e. The van der Waals surface area contributed by atoms with Crippen molar-refractivity contribution >= 4 is 22.9 Å². The van der Waals surface area contributed by atoms with Crippen molar-refractivity contribution in [3.05, 3.63) is 77.7 Å². The van der Waals surface area contributed by atoms with Crippen LogP contribution in [-0.4, -0.2) is 34.6 Å². The summed E-state index contributed by atoms with van der Waals surface area (Å²) in [6.07, 6.45) is 1.56. The van der Waals surface area contributed by atoms with Gasteiger partial charge in [0, 0.05) is 36.9 Å². The standard InChI is InChI=1S/C23H23N5O/c1-15-11-16(2)28-22(25-15)21(14-24-28)23(29)26-19-9-5-7-17(12-19)18-8-6-10-20(13-18)27(3)4/h5-14H,1-4H3,(H,26,29). The summed E-state index contributed by atoms with van der Waals surface area (Å²) in [7, 11) is 4.03. The van der Waals surface area contributed by atoms with Crippen LogP contribution in [0.5, 0.6) is 0 Å². The number of aryl methyl sites for hydroxylation is 2. The van der Waals surface area contributed by atoms with Crippen LogP contribution < -0.4 is 10.2 Å². The zero-order chi connectivity index (χ0) is 20.5. The maximum atomic E-state index is 12.9. The predicted octanol–water partition coefficient (Wildman–Crippen LogP) is 4.33. The Hall–Kier alpha value is -3.67. The average molecular weight is 385 g/mol. The van der Waals surface area contributed by atoms with E-state index in [0.717, 1.165) is 33.9 Å². The monoisotopic (exact) mass is 385 g/mol. The third-order valence-corrected chi connectivity index (χ3v) is 4.84. The zero-order valence-electron chi connectivity index (χ0n) is 17.0. The molecule has 1 N–H and O–H groups in total. The van der Waals surface area contributed by atoms with Crippen LogP contribution in [0.15, 0.2) is 60.8 Å². The van der Waals surface area contributed by atoms with Gasteiger partial charge in [-0.3, -0.25) is 4.79 Å². The quantitative estimate of drug-likeness (QED) is 0.568. The molecule has 0 aliphatic rings. The van der Waals surface area contributed by atoms with Crippen molar-refractivity contribution in [2.45, 2.75) is 13.8 Å². The third kappa shape index (κ3) is 3.69. The van der Waals surface area contributed by atoms with Gasteiger partial charge in [-0.05, 0) is 55.3 Å². The average Bonchev–Trinajstić information content (AvgIpc) is 3.12. The summed E-state index contributed by atoms with van der Waals surface area (Å²) in [5, 5.41) is 7.28. The van der Waals surface area contributed by atoms with E-state index in [1.807, 2.05) is 64.3 Å². The number of hydrogen-bond donors (Lipinski definition) is 1. The number of fused-ring (bicyclic) bond motifs is 1. The Balaban J connectivity index is 1.63. The second kappa shape index (κ2) is 7.39. The molecule has 0 aliphatic heterocycles. The molecule has 6 heteroatoms. The van der Waals surface area contributed by atoms with Gasteiger partial charge in [-0.25, -0.2) is 9.50 Å². The minimum Gasteiger partial charge on any atom is -0.378 e. The fourth-order valence-corrected chi connectivity index (χ4v) is 3.37. The lowest BCUT2D eigenvalue weighted by Gasteiger charge is -2.14. The highest BCUT2D eigenvalue weighted by molar-refractivity contribution is 6.08. The Kier molecular flexibility index (Phi) is 4.76. The Labute approximate surface area is 169 Å². The van der Waals surface area contributed by atoms with Crippen LogP contribution in [0.25, 0.3) is 16.8 Å². The highest BCUT2D eigenvalue weighted by Crippen LogP contribution is 2.26. The van der Waals surface area contributed by atoms with Crippen molar-refractivity contribution in [2.24, 2.45) is 0 Å². The van der Waals surface area contributed by atoms with Gasteiger partial charge in [0.15, 0.2) is 5.65 Å². The Bertz CT molecular complexity index is 1210. The van der Waals surface area contributed by atoms with Crippen molar-refractivity contribution in [1.82, 2.24) is 14.6 Å². The van der Waals surface area contributed by atoms with Gasteiger partial charge in [-0.15, -0.1) is 0 Å². The van der Waals surface area contributed by atoms with Gasteiger partial charge in [-0.1, -0.05) is 24.3 Å². The van der Waals surface area contributed by atoms with E-state index in [9.17, 15) is 4.79 Å². The summed E-state index contributed by atoms with van der Waals surface area (Å²) >= 11 is 0. The van der Waals surface area contributed by atoms with E-state index in [1.165, 1.54) is 0 Å². The van der Waals surface area contributed by atoms with Gasteiger partial charge in [0.25, 0.3) is 5.91 Å². The molecule has 0 saturated heterocycles. The number of carbonyl (C=O) groups is 1. The van der Waals surface area contributed by atoms with Crippen LogP contribution >= 0.6 is 0 Å². The van der Waals surface area contributed by atoms with Crippen LogP contribution in [-0.2, 0) is 0 Å². The largest absolute Gasteiger partial charge is 0.378 e. The number of nitrogens with one attached hydrogen (secondary N) is 1. The van der Waals surface area contributed by atoms with Crippen molar-refractivity contribution in [2.75, 3.05) is 24.3 Å². The molecule has 0 aliphatic carbocycles. The van der Waals surface area contributed by atoms with Crippen molar-refractivity contribution in [3.63, 3.8) is 0 Å². The Morgan fingerprint density at radius 3 is 2.48 bits per heavy atom. The molecule has 2 heterocycles. The van der Waals surface area contributed by atoms with E-state index >= 15 is 0 Å². The van der Waals surface area contributed by atoms with Crippen LogP contribution in [0.1, 0.15) is 21.7 Å². The number of amides is 1. The number of hydrogen-bond acceptors (Lipinski definition) is 4. The van der Waals surface area contributed by atoms with Crippen LogP contribution in [0.2, 0.25) is 0 Å². The molecule has 0 atom stereocenters. The van der Waals surface area contributed by atoms with Crippen molar-refractivity contribution in [3.8, 4) is 11.1 Å². The van der Waals surface area contributed by atoms with E-state index in [2.05, 4.69) is 38.5 Å². The lowest BCUT2D eigenvalue weighted by molar-refractivity contribution is 0.102. The molecular formula is C23H23N5O. The summed E-state index contributed by atoms with van der Waals surface area (Å²) in [5.74, 6) is -0.225. The molecule has 0 unspecified atom stereocenters. The number of nitrogens with zero attached hydrogens (tertiary/aromatic N) is 4. The van der Waals surface area contributed by atoms with E-state index < -0.39 is 0 Å². The van der Waals surface area contributed by atoms with Gasteiger partial charge < -0.3 is 10.2 Å². The predicted molar refractivity (Wildman–Crippen MR) is 117 cm³/mol. The molecule has 2 aromatic carbocycles. The van der Waals surface area contributed by atoms with E-state index in [1.54, 1.807) is 10.7 Å². The maximum absolute atomic E-state index is 12.9. The fraction of sp³-hybridized carbons (Fsp3) is 0.174. The van der Waals surface area contributed by atoms with E-state index in [4.69, 9.17) is 0 Å². The van der Waals surface area contributed by atoms with Gasteiger partial charge in [-0.2, -0.15) is 5.10 Å². The lowest BCUT2D eigenvalue weighted by Crippen LogP contribution is -2.12. The Morgan fingerprint density at radius 2 is 1.72 bits per heavy atom. The Morgan fingerprint density at radius 1 is 1.00 bits per heavy atom. The van der Waals surface area contributed by atoms with Crippen molar-refractivity contribution < 1.29 is 4.79 Å². The molecule has 0 radical (unpaired) electrons. The first-order valence-electron chi connectivity index (χ1n) is 9.43. The topological polar surface area (TPSA) is 62.5 Å². The van der Waals surface area contributed by atoms with Crippen LogP contribution in [0.4, 0.5) is 11.4 Å². The molecule has 1 amide bonds. The minimum atomic E-state index is -0.225. The number of rotatable bonds is 4. The number of aromatic nitrogens is 3. The molecular weight excluding hydrogens is 362 g/mol. The van der Waals surface area contributed by atoms with Crippen LogP contribution in [0, 0.1) is 13.8 Å². The third-order valence-electron chi connectivity index (χ3n) is 4.84. The summed E-state index contributed by atoms with van der Waals surface area (Å²) in [6.45, 7) is 3.86. The van der Waals surface area contributed by atoms with Gasteiger partial charge in [0.05, 0.1) is 6.20 Å². The molecule has 4 rings (SSSR count). The number of benzene rings is 2. The second-order valence-electron chi connectivity index (χ2n) is 7.31. The SMILES string of the molecule is Cc1cc(C)n2ncc(C(=O)Nc3cccc(-c4cccc(N(C)C)c4)c3)c2n1. The molecule has 6 nitrogen and oxygen atoms in total. The van der Waals surface area contributed by atoms with Gasteiger partial charge >= 0.3 is 0 Å². The lowest BCUT2D eigenvalue weighted by atomic mass is 10.0. The number of carbonyl (C=O) groups excluding carboxylic acids is 1. The van der Waals surface area contributed by atoms with Gasteiger partial charge in [0.2, 0.25) is 0 Å². The summed E-state index contributed by atoms with van der Waals surface area (Å²) < 4.78 is 1.69. The summed E-state index contributed by atoms with van der Waals surface area (Å²) in [5.41, 5.74) is 6.80. The zero-order valence-corrected chi connectivity index (χ0v) is 17.0. The maximum Gasteiger partial charge on any atom is 0.261 e. The molecule has 2 aromatic heterocycles. The molecule has 0 saturated carbocycles. The molecule has 0 spiro atoms. The first-order chi connectivity index (χ1) is 13.9. The molecule has 0 fully saturated rings. The van der Waals surface area contributed by atoms with Gasteiger partial charge in [0.1, 0.15) is 5.56 Å². The van der Waals surface area contributed by atoms with E-state index in [0.29, 0.717) is 11.2 Å². The minimum absolute atomic E-state index is 0.225. The summed E-state index contributed by atoms with van der Waals surface area (Å²) in [4.78, 5) is 19.4. The van der Waals surface area contributed by atoms with E-state index in [-0.39, 0.29) is 5.91 Å². The van der Waals surface area contributed by atoms with Crippen molar-refractivity contribution in [1.29, 1.82) is 0 Å². The van der Waals surface area contributed by atoms with Crippen LogP contribution in [0.3, 0.4) is 0 Å². The summed E-state index contributed by atoms with van der Waals surface area (Å²) in [6, 6.07) is 18.1. The highest BCUT2D eigenvalue weighted by atomic mass is 16.1. The molecule has 29 heavy (non-hydrogen) atoms. The first kappa shape index (κ1) is 18.7. The molecule has 4 aromatic rings. The molecule has 0 bridgehead atoms.